The molecular weight excluding hydrogens is 570 g/mol. The van der Waals surface area contributed by atoms with E-state index < -0.39 is 29.6 Å². The number of anilines is 2. The highest BCUT2D eigenvalue weighted by Crippen LogP contribution is 2.27. The highest BCUT2D eigenvalue weighted by Gasteiger charge is 2.21. The molecule has 2 heterocycles. The number of alkyl carbamates (subject to hydrolysis) is 1. The van der Waals surface area contributed by atoms with E-state index in [-0.39, 0.29) is 35.9 Å². The Bertz CT molecular complexity index is 1370. The first kappa shape index (κ1) is 31.7. The van der Waals surface area contributed by atoms with Crippen molar-refractivity contribution in [2.45, 2.75) is 37.4 Å². The van der Waals surface area contributed by atoms with Gasteiger partial charge in [-0.05, 0) is 69.5 Å². The lowest BCUT2D eigenvalue weighted by Gasteiger charge is -2.22. The molecule has 3 aromatic rings. The van der Waals surface area contributed by atoms with Crippen molar-refractivity contribution in [2.24, 2.45) is 0 Å². The molecule has 2 aromatic heterocycles. The first-order chi connectivity index (χ1) is 19.5. The summed E-state index contributed by atoms with van der Waals surface area (Å²) >= 11 is 7.34. The quantitative estimate of drug-likeness (QED) is 0.250. The van der Waals surface area contributed by atoms with E-state index in [2.05, 4.69) is 25.9 Å². The normalized spacial score (nSPS) is 11.8. The van der Waals surface area contributed by atoms with Gasteiger partial charge in [0.25, 0.3) is 11.8 Å². The first-order valence-electron chi connectivity index (χ1n) is 12.5. The number of nitrogens with one attached hydrogen (secondary N) is 3. The van der Waals surface area contributed by atoms with Gasteiger partial charge in [-0.1, -0.05) is 11.6 Å². The number of carbonyl (C=O) groups is 3. The van der Waals surface area contributed by atoms with Crippen LogP contribution < -0.4 is 20.7 Å². The fraction of sp³-hybridized carbons (Fsp3) is 0.321. The van der Waals surface area contributed by atoms with E-state index in [1.54, 1.807) is 63.2 Å². The second kappa shape index (κ2) is 14.7. The number of rotatable bonds is 11. The molecule has 3 N–H and O–H groups in total. The molecule has 0 saturated heterocycles. The van der Waals surface area contributed by atoms with E-state index in [0.29, 0.717) is 10.8 Å². The summed E-state index contributed by atoms with van der Waals surface area (Å²) < 4.78 is 16.7. The van der Waals surface area contributed by atoms with Crippen LogP contribution in [-0.2, 0) is 9.47 Å². The van der Waals surface area contributed by atoms with Gasteiger partial charge in [-0.25, -0.2) is 14.8 Å². The largest absolute Gasteiger partial charge is 0.490 e. The van der Waals surface area contributed by atoms with Gasteiger partial charge in [-0.15, -0.1) is 11.8 Å². The molecule has 0 radical (unpaired) electrons. The van der Waals surface area contributed by atoms with Crippen LogP contribution >= 0.6 is 23.4 Å². The first-order valence-corrected chi connectivity index (χ1v) is 14.1. The maximum Gasteiger partial charge on any atom is 0.407 e. The molecule has 0 bridgehead atoms. The number of aromatic nitrogens is 2. The summed E-state index contributed by atoms with van der Waals surface area (Å²) in [5.74, 6) is -0.501. The standard InChI is InChI=1S/C28H32ClN5O6S/c1-28(2,3)40-27(37)32-15-18(38-4)16-39-22-13-19(41-5)9-10-20(22)25(35)33-21-7-6-12-30-24(21)26(36)34-23-11-8-17(29)14-31-23/h6-14,18H,15-16H2,1-5H3,(H,32,37)(H,33,35)(H,31,34,36). The highest BCUT2D eigenvalue weighted by molar-refractivity contribution is 7.98. The van der Waals surface area contributed by atoms with E-state index in [1.165, 1.54) is 31.3 Å². The molecule has 3 rings (SSSR count). The third-order valence-corrected chi connectivity index (χ3v) is 6.25. The maximum atomic E-state index is 13.4. The van der Waals surface area contributed by atoms with Crippen LogP contribution in [0.2, 0.25) is 5.02 Å². The highest BCUT2D eigenvalue weighted by atomic mass is 35.5. The molecule has 0 fully saturated rings. The Morgan fingerprint density at radius 3 is 2.49 bits per heavy atom. The fourth-order valence-electron chi connectivity index (χ4n) is 3.34. The lowest BCUT2D eigenvalue weighted by atomic mass is 10.1. The SMILES string of the molecule is COC(CNC(=O)OC(C)(C)C)COc1cc(SC)ccc1C(=O)Nc1cccnc1C(=O)Nc1ccc(Cl)cn1. The second-order valence-electron chi connectivity index (χ2n) is 9.58. The van der Waals surface area contributed by atoms with Gasteiger partial charge in [0.2, 0.25) is 0 Å². The van der Waals surface area contributed by atoms with Gasteiger partial charge >= 0.3 is 6.09 Å². The lowest BCUT2D eigenvalue weighted by Crippen LogP contribution is -2.39. The predicted octanol–water partition coefficient (Wildman–Crippen LogP) is 5.28. The zero-order chi connectivity index (χ0) is 30.0. The van der Waals surface area contributed by atoms with E-state index in [9.17, 15) is 14.4 Å². The van der Waals surface area contributed by atoms with Gasteiger partial charge in [-0.2, -0.15) is 0 Å². The van der Waals surface area contributed by atoms with Crippen LogP contribution in [0, 0.1) is 0 Å². The Morgan fingerprint density at radius 2 is 1.83 bits per heavy atom. The van der Waals surface area contributed by atoms with Gasteiger partial charge in [0.1, 0.15) is 29.9 Å². The van der Waals surface area contributed by atoms with E-state index in [0.717, 1.165) is 4.90 Å². The molecule has 1 aromatic carbocycles. The molecule has 0 aliphatic carbocycles. The number of amides is 3. The van der Waals surface area contributed by atoms with E-state index >= 15 is 0 Å². The number of carbonyl (C=O) groups excluding carboxylic acids is 3. The van der Waals surface area contributed by atoms with Crippen LogP contribution in [0.25, 0.3) is 0 Å². The van der Waals surface area contributed by atoms with Crippen molar-refractivity contribution in [3.8, 4) is 5.75 Å². The van der Waals surface area contributed by atoms with Gasteiger partial charge < -0.3 is 30.2 Å². The Kier molecular flexibility index (Phi) is 11.3. The summed E-state index contributed by atoms with van der Waals surface area (Å²) in [6.07, 6.45) is 3.65. The molecule has 0 spiro atoms. The minimum atomic E-state index is -0.634. The van der Waals surface area contributed by atoms with Crippen LogP contribution in [0.5, 0.6) is 5.75 Å². The summed E-state index contributed by atoms with van der Waals surface area (Å²) in [6.45, 7) is 5.48. The van der Waals surface area contributed by atoms with Crippen molar-refractivity contribution >= 4 is 52.8 Å². The zero-order valence-corrected chi connectivity index (χ0v) is 24.9. The van der Waals surface area contributed by atoms with Crippen LogP contribution in [0.15, 0.2) is 59.8 Å². The molecule has 3 amide bonds. The molecule has 1 atom stereocenters. The number of hydrogen-bond acceptors (Lipinski definition) is 9. The number of thioether (sulfide) groups is 1. The summed E-state index contributed by atoms with van der Waals surface area (Å²) in [5.41, 5.74) is -0.216. The topological polar surface area (TPSA) is 141 Å². The molecule has 0 aliphatic heterocycles. The third-order valence-electron chi connectivity index (χ3n) is 5.30. The number of pyridine rings is 2. The molecule has 218 valence electrons. The van der Waals surface area contributed by atoms with Crippen LogP contribution in [0.4, 0.5) is 16.3 Å². The van der Waals surface area contributed by atoms with Crippen molar-refractivity contribution in [1.82, 2.24) is 15.3 Å². The fourth-order valence-corrected chi connectivity index (χ4v) is 3.88. The van der Waals surface area contributed by atoms with Gasteiger partial charge in [-0.3, -0.25) is 9.59 Å². The minimum Gasteiger partial charge on any atom is -0.490 e. The van der Waals surface area contributed by atoms with Crippen LogP contribution in [0.1, 0.15) is 41.6 Å². The average molecular weight is 602 g/mol. The number of methoxy groups -OCH3 is 1. The Balaban J connectivity index is 1.73. The van der Waals surface area contributed by atoms with Crippen molar-refractivity contribution < 1.29 is 28.6 Å². The summed E-state index contributed by atoms with van der Waals surface area (Å²) in [6, 6.07) is 11.5. The molecule has 0 saturated carbocycles. The smallest absolute Gasteiger partial charge is 0.407 e. The lowest BCUT2D eigenvalue weighted by molar-refractivity contribution is 0.0366. The average Bonchev–Trinajstić information content (AvgIpc) is 2.93. The van der Waals surface area contributed by atoms with Crippen LogP contribution in [0.3, 0.4) is 0 Å². The number of halogens is 1. The van der Waals surface area contributed by atoms with Crippen molar-refractivity contribution in [1.29, 1.82) is 0 Å². The number of ether oxygens (including phenoxy) is 3. The van der Waals surface area contributed by atoms with Gasteiger partial charge in [0.15, 0.2) is 5.69 Å². The second-order valence-corrected chi connectivity index (χ2v) is 10.9. The van der Waals surface area contributed by atoms with Gasteiger partial charge in [0, 0.05) is 24.4 Å². The number of benzene rings is 1. The number of nitrogens with zero attached hydrogens (tertiary/aromatic N) is 2. The summed E-state index contributed by atoms with van der Waals surface area (Å²) in [5, 5.41) is 8.46. The maximum absolute atomic E-state index is 13.4. The van der Waals surface area contributed by atoms with Crippen LogP contribution in [-0.4, -0.2) is 66.1 Å². The van der Waals surface area contributed by atoms with E-state index in [4.69, 9.17) is 25.8 Å². The van der Waals surface area contributed by atoms with Crippen molar-refractivity contribution in [3.05, 3.63) is 71.1 Å². The van der Waals surface area contributed by atoms with Crippen molar-refractivity contribution in [2.75, 3.05) is 37.2 Å². The molecule has 41 heavy (non-hydrogen) atoms. The molecule has 1 unspecified atom stereocenters. The summed E-state index contributed by atoms with van der Waals surface area (Å²) in [7, 11) is 1.49. The molecule has 11 nitrogen and oxygen atoms in total. The predicted molar refractivity (Wildman–Crippen MR) is 158 cm³/mol. The third kappa shape index (κ3) is 9.92. The Labute approximate surface area is 247 Å². The monoisotopic (exact) mass is 601 g/mol. The number of hydrogen-bond donors (Lipinski definition) is 3. The zero-order valence-electron chi connectivity index (χ0n) is 23.3. The Hall–Kier alpha value is -3.87. The van der Waals surface area contributed by atoms with Gasteiger partial charge in [0.05, 0.1) is 22.8 Å². The Morgan fingerprint density at radius 1 is 1.05 bits per heavy atom. The molecule has 13 heteroatoms. The van der Waals surface area contributed by atoms with Crippen molar-refractivity contribution in [3.63, 3.8) is 0 Å². The molecular formula is C28H32ClN5O6S. The summed E-state index contributed by atoms with van der Waals surface area (Å²) in [4.78, 5) is 47.4. The van der Waals surface area contributed by atoms with E-state index in [1.807, 2.05) is 6.26 Å². The molecule has 0 aliphatic rings. The minimum absolute atomic E-state index is 0.00605.